The molecule has 1 aromatic heterocycles. The van der Waals surface area contributed by atoms with Gasteiger partial charge in [0.15, 0.2) is 5.82 Å². The second-order valence-electron chi connectivity index (χ2n) is 3.23. The van der Waals surface area contributed by atoms with Gasteiger partial charge in [0, 0.05) is 12.8 Å². The number of aromatic nitrogens is 2. The first-order chi connectivity index (χ1) is 7.97. The number of carbonyl (C=O) groups is 1. The SMILES string of the molecule is CCOC(C)c1ncc(C(=O)O)c(C(F)F)n1. The largest absolute Gasteiger partial charge is 0.478 e. The van der Waals surface area contributed by atoms with Gasteiger partial charge in [-0.15, -0.1) is 0 Å². The summed E-state index contributed by atoms with van der Waals surface area (Å²) in [6.07, 6.45) is -2.64. The maximum absolute atomic E-state index is 12.6. The first-order valence-corrected chi connectivity index (χ1v) is 4.97. The van der Waals surface area contributed by atoms with Crippen LogP contribution in [-0.2, 0) is 4.74 Å². The number of carboxylic acids is 1. The zero-order chi connectivity index (χ0) is 13.0. The minimum absolute atomic E-state index is 0.0483. The van der Waals surface area contributed by atoms with Crippen LogP contribution in [-0.4, -0.2) is 27.7 Å². The molecule has 5 nitrogen and oxygen atoms in total. The third-order valence-corrected chi connectivity index (χ3v) is 2.05. The van der Waals surface area contributed by atoms with Gasteiger partial charge in [0.2, 0.25) is 0 Å². The number of rotatable bonds is 5. The van der Waals surface area contributed by atoms with Crippen molar-refractivity contribution in [3.05, 3.63) is 23.3 Å². The molecule has 7 heteroatoms. The van der Waals surface area contributed by atoms with E-state index in [1.807, 2.05) is 0 Å². The van der Waals surface area contributed by atoms with Gasteiger partial charge in [-0.1, -0.05) is 0 Å². The van der Waals surface area contributed by atoms with E-state index in [1.54, 1.807) is 13.8 Å². The normalized spacial score (nSPS) is 12.8. The number of alkyl halides is 2. The molecular formula is C10H12F2N2O3. The highest BCUT2D eigenvalue weighted by Gasteiger charge is 2.22. The molecule has 1 N–H and O–H groups in total. The van der Waals surface area contributed by atoms with Crippen molar-refractivity contribution in [1.29, 1.82) is 0 Å². The molecule has 1 unspecified atom stereocenters. The van der Waals surface area contributed by atoms with Gasteiger partial charge in [-0.2, -0.15) is 0 Å². The highest BCUT2D eigenvalue weighted by Crippen LogP contribution is 2.22. The van der Waals surface area contributed by atoms with E-state index in [2.05, 4.69) is 9.97 Å². The van der Waals surface area contributed by atoms with Crippen LogP contribution in [0.1, 0.15) is 48.3 Å². The molecule has 1 rings (SSSR count). The van der Waals surface area contributed by atoms with E-state index in [-0.39, 0.29) is 5.82 Å². The number of hydrogen-bond acceptors (Lipinski definition) is 4. The quantitative estimate of drug-likeness (QED) is 0.862. The molecule has 94 valence electrons. The van der Waals surface area contributed by atoms with Gasteiger partial charge in [0.05, 0.1) is 0 Å². The molecule has 0 amide bonds. The topological polar surface area (TPSA) is 72.3 Å². The summed E-state index contributed by atoms with van der Waals surface area (Å²) >= 11 is 0. The molecule has 0 fully saturated rings. The van der Waals surface area contributed by atoms with Crippen LogP contribution >= 0.6 is 0 Å². The first kappa shape index (κ1) is 13.4. The number of aromatic carboxylic acids is 1. The molecule has 1 atom stereocenters. The zero-order valence-corrected chi connectivity index (χ0v) is 9.35. The highest BCUT2D eigenvalue weighted by atomic mass is 19.3. The molecule has 1 heterocycles. The summed E-state index contributed by atoms with van der Waals surface area (Å²) in [5, 5.41) is 8.70. The summed E-state index contributed by atoms with van der Waals surface area (Å²) in [6, 6.07) is 0. The molecular weight excluding hydrogens is 234 g/mol. The van der Waals surface area contributed by atoms with E-state index in [9.17, 15) is 13.6 Å². The summed E-state index contributed by atoms with van der Waals surface area (Å²) in [5.74, 6) is -1.43. The molecule has 1 aromatic rings. The average Bonchev–Trinajstić information content (AvgIpc) is 2.28. The molecule has 17 heavy (non-hydrogen) atoms. The Morgan fingerprint density at radius 2 is 2.24 bits per heavy atom. The summed E-state index contributed by atoms with van der Waals surface area (Å²) in [7, 11) is 0. The van der Waals surface area contributed by atoms with Crippen LogP contribution in [0, 0.1) is 0 Å². The summed E-state index contributed by atoms with van der Waals surface area (Å²) in [5.41, 5.74) is -1.37. The van der Waals surface area contributed by atoms with Crippen LogP contribution < -0.4 is 0 Å². The lowest BCUT2D eigenvalue weighted by Gasteiger charge is -2.12. The average molecular weight is 246 g/mol. The Labute approximate surface area is 96.5 Å². The van der Waals surface area contributed by atoms with Gasteiger partial charge in [-0.25, -0.2) is 23.5 Å². The molecule has 0 aromatic carbocycles. The molecule has 0 aliphatic carbocycles. The fourth-order valence-corrected chi connectivity index (χ4v) is 1.26. The first-order valence-electron chi connectivity index (χ1n) is 4.97. The highest BCUT2D eigenvalue weighted by molar-refractivity contribution is 5.88. The minimum Gasteiger partial charge on any atom is -0.478 e. The lowest BCUT2D eigenvalue weighted by atomic mass is 10.2. The second kappa shape index (κ2) is 5.62. The van der Waals surface area contributed by atoms with E-state index < -0.39 is 29.8 Å². The molecule has 0 radical (unpaired) electrons. The third kappa shape index (κ3) is 3.16. The number of ether oxygens (including phenoxy) is 1. The number of halogens is 2. The second-order valence-corrected chi connectivity index (χ2v) is 3.23. The number of carboxylic acid groups (broad SMARTS) is 1. The Hall–Kier alpha value is -1.63. The van der Waals surface area contributed by atoms with E-state index >= 15 is 0 Å². The Morgan fingerprint density at radius 3 is 2.71 bits per heavy atom. The molecule has 0 spiro atoms. The van der Waals surface area contributed by atoms with Gasteiger partial charge in [0.25, 0.3) is 6.43 Å². The van der Waals surface area contributed by atoms with Crippen LogP contribution in [0.15, 0.2) is 6.20 Å². The van der Waals surface area contributed by atoms with Crippen LogP contribution in [0.3, 0.4) is 0 Å². The molecule has 0 bridgehead atoms. The van der Waals surface area contributed by atoms with Crippen molar-refractivity contribution in [3.8, 4) is 0 Å². The maximum atomic E-state index is 12.6. The van der Waals surface area contributed by atoms with Crippen molar-refractivity contribution in [2.75, 3.05) is 6.61 Å². The van der Waals surface area contributed by atoms with Crippen molar-refractivity contribution < 1.29 is 23.4 Å². The van der Waals surface area contributed by atoms with Crippen molar-refractivity contribution >= 4 is 5.97 Å². The van der Waals surface area contributed by atoms with Gasteiger partial charge < -0.3 is 9.84 Å². The number of hydrogen-bond donors (Lipinski definition) is 1. The van der Waals surface area contributed by atoms with Crippen LogP contribution in [0.4, 0.5) is 8.78 Å². The molecule has 0 saturated heterocycles. The molecule has 0 saturated carbocycles. The standard InChI is InChI=1S/C10H12F2N2O3/c1-3-17-5(2)9-13-4-6(10(15)16)7(14-9)8(11)12/h4-5,8H,3H2,1-2H3,(H,15,16). The minimum atomic E-state index is -2.96. The van der Waals surface area contributed by atoms with Gasteiger partial charge in [-0.05, 0) is 13.8 Å². The van der Waals surface area contributed by atoms with Gasteiger partial charge in [0.1, 0.15) is 17.4 Å². The molecule has 0 aliphatic heterocycles. The monoisotopic (exact) mass is 246 g/mol. The van der Waals surface area contributed by atoms with Crippen molar-refractivity contribution in [2.45, 2.75) is 26.4 Å². The fourth-order valence-electron chi connectivity index (χ4n) is 1.26. The van der Waals surface area contributed by atoms with Crippen molar-refractivity contribution in [3.63, 3.8) is 0 Å². The van der Waals surface area contributed by atoms with Crippen LogP contribution in [0.2, 0.25) is 0 Å². The molecule has 0 aliphatic rings. The van der Waals surface area contributed by atoms with E-state index in [1.165, 1.54) is 0 Å². The Balaban J connectivity index is 3.14. The van der Waals surface area contributed by atoms with E-state index in [0.29, 0.717) is 6.61 Å². The maximum Gasteiger partial charge on any atom is 0.339 e. The van der Waals surface area contributed by atoms with Crippen LogP contribution in [0.5, 0.6) is 0 Å². The summed E-state index contributed by atoms with van der Waals surface area (Å²) in [4.78, 5) is 17.9. The number of nitrogens with zero attached hydrogens (tertiary/aromatic N) is 2. The smallest absolute Gasteiger partial charge is 0.339 e. The predicted octanol–water partition coefficient (Wildman–Crippen LogP) is 2.21. The zero-order valence-electron chi connectivity index (χ0n) is 9.35. The lowest BCUT2D eigenvalue weighted by Crippen LogP contribution is -2.12. The van der Waals surface area contributed by atoms with Gasteiger partial charge >= 0.3 is 5.97 Å². The summed E-state index contributed by atoms with van der Waals surface area (Å²) < 4.78 is 30.4. The Morgan fingerprint density at radius 1 is 1.59 bits per heavy atom. The Bertz CT molecular complexity index is 413. The van der Waals surface area contributed by atoms with Crippen molar-refractivity contribution in [2.24, 2.45) is 0 Å². The van der Waals surface area contributed by atoms with Crippen LogP contribution in [0.25, 0.3) is 0 Å². The third-order valence-electron chi connectivity index (χ3n) is 2.05. The predicted molar refractivity (Wildman–Crippen MR) is 54.0 cm³/mol. The summed E-state index contributed by atoms with van der Waals surface area (Å²) in [6.45, 7) is 3.74. The lowest BCUT2D eigenvalue weighted by molar-refractivity contribution is 0.0649. The van der Waals surface area contributed by atoms with Crippen molar-refractivity contribution in [1.82, 2.24) is 9.97 Å². The van der Waals surface area contributed by atoms with E-state index in [0.717, 1.165) is 6.20 Å². The van der Waals surface area contributed by atoms with E-state index in [4.69, 9.17) is 9.84 Å². The fraction of sp³-hybridized carbons (Fsp3) is 0.500. The Kier molecular flexibility index (Phi) is 4.45. The van der Waals surface area contributed by atoms with Gasteiger partial charge in [-0.3, -0.25) is 0 Å².